The summed E-state index contributed by atoms with van der Waals surface area (Å²) in [5.74, 6) is -0.357. The number of benzene rings is 1. The minimum absolute atomic E-state index is 0.0794. The Morgan fingerprint density at radius 1 is 1.06 bits per heavy atom. The number of carbonyl (C=O) groups excluding carboxylic acids is 2. The standard InChI is InChI=1S/C22H23F3N4O3S/c1-3-29(4-2)12-17-9-10-18(32-17)20(31)28-27-19(30)11-16-13-33-21(26-16)14-5-7-15(8-6-14)22(23,24)25/h5-10,13H,3-4,11-12H2,1-2H3,(H,27,30)(H,28,31). The molecule has 0 atom stereocenters. The van der Waals surface area contributed by atoms with Crippen LogP contribution in [0, 0.1) is 0 Å². The summed E-state index contributed by atoms with van der Waals surface area (Å²) in [5, 5.41) is 2.13. The molecule has 0 saturated carbocycles. The molecule has 0 bridgehead atoms. The number of alkyl halides is 3. The molecule has 0 unspecified atom stereocenters. The van der Waals surface area contributed by atoms with Gasteiger partial charge in [-0.3, -0.25) is 25.3 Å². The third kappa shape index (κ3) is 6.65. The first kappa shape index (κ1) is 24.5. The Bertz CT molecular complexity index is 1090. The van der Waals surface area contributed by atoms with Crippen molar-refractivity contribution in [3.05, 3.63) is 64.6 Å². The number of halogens is 3. The van der Waals surface area contributed by atoms with Gasteiger partial charge in [-0.15, -0.1) is 11.3 Å². The van der Waals surface area contributed by atoms with Crippen molar-refractivity contribution in [2.24, 2.45) is 0 Å². The molecule has 0 spiro atoms. The summed E-state index contributed by atoms with van der Waals surface area (Å²) in [4.78, 5) is 30.8. The van der Waals surface area contributed by atoms with Crippen molar-refractivity contribution >= 4 is 23.2 Å². The fraction of sp³-hybridized carbons (Fsp3) is 0.318. The van der Waals surface area contributed by atoms with Crippen molar-refractivity contribution in [3.8, 4) is 10.6 Å². The molecule has 0 aliphatic rings. The molecule has 2 N–H and O–H groups in total. The van der Waals surface area contributed by atoms with Crippen LogP contribution in [0.2, 0.25) is 0 Å². The number of thiazole rings is 1. The Labute approximate surface area is 192 Å². The van der Waals surface area contributed by atoms with Gasteiger partial charge in [-0.2, -0.15) is 13.2 Å². The number of furan rings is 1. The number of nitrogens with one attached hydrogen (secondary N) is 2. The quantitative estimate of drug-likeness (QED) is 0.471. The summed E-state index contributed by atoms with van der Waals surface area (Å²) in [7, 11) is 0. The van der Waals surface area contributed by atoms with E-state index < -0.39 is 23.6 Å². The van der Waals surface area contributed by atoms with E-state index >= 15 is 0 Å². The van der Waals surface area contributed by atoms with E-state index in [4.69, 9.17) is 4.42 Å². The summed E-state index contributed by atoms with van der Waals surface area (Å²) >= 11 is 1.21. The molecule has 0 saturated heterocycles. The maximum absolute atomic E-state index is 12.7. The molecule has 3 aromatic rings. The number of nitrogens with zero attached hydrogens (tertiary/aromatic N) is 2. The lowest BCUT2D eigenvalue weighted by molar-refractivity contribution is -0.137. The van der Waals surface area contributed by atoms with Crippen LogP contribution in [0.1, 0.15) is 41.4 Å². The van der Waals surface area contributed by atoms with Crippen molar-refractivity contribution in [3.63, 3.8) is 0 Å². The van der Waals surface area contributed by atoms with Crippen LogP contribution in [0.15, 0.2) is 46.2 Å². The highest BCUT2D eigenvalue weighted by Gasteiger charge is 2.30. The van der Waals surface area contributed by atoms with Gasteiger partial charge in [-0.1, -0.05) is 26.0 Å². The minimum atomic E-state index is -4.41. The topological polar surface area (TPSA) is 87.5 Å². The lowest BCUT2D eigenvalue weighted by Crippen LogP contribution is -2.42. The average Bonchev–Trinajstić information content (AvgIpc) is 3.45. The van der Waals surface area contributed by atoms with Crippen LogP contribution < -0.4 is 10.9 Å². The first-order chi connectivity index (χ1) is 15.7. The van der Waals surface area contributed by atoms with E-state index in [9.17, 15) is 22.8 Å². The van der Waals surface area contributed by atoms with Gasteiger partial charge in [0.05, 0.1) is 24.2 Å². The Morgan fingerprint density at radius 3 is 2.39 bits per heavy atom. The fourth-order valence-corrected chi connectivity index (χ4v) is 3.80. The van der Waals surface area contributed by atoms with Crippen LogP contribution in [0.5, 0.6) is 0 Å². The Kier molecular flexibility index (Phi) is 7.88. The molecule has 0 fully saturated rings. The molecule has 11 heteroatoms. The number of rotatable bonds is 8. The van der Waals surface area contributed by atoms with E-state index in [1.54, 1.807) is 11.4 Å². The monoisotopic (exact) mass is 480 g/mol. The van der Waals surface area contributed by atoms with Gasteiger partial charge in [-0.05, 0) is 37.4 Å². The van der Waals surface area contributed by atoms with Crippen LogP contribution in [-0.2, 0) is 23.9 Å². The Hall–Kier alpha value is -3.18. The number of amides is 2. The average molecular weight is 481 g/mol. The molecule has 2 aromatic heterocycles. The second kappa shape index (κ2) is 10.6. The SMILES string of the molecule is CCN(CC)Cc1ccc(C(=O)NNC(=O)Cc2csc(-c3ccc(C(F)(F)F)cc3)n2)o1. The first-order valence-corrected chi connectivity index (χ1v) is 11.1. The van der Waals surface area contributed by atoms with E-state index in [1.165, 1.54) is 29.5 Å². The smallest absolute Gasteiger partial charge is 0.416 e. The molecular weight excluding hydrogens is 457 g/mol. The Morgan fingerprint density at radius 2 is 1.76 bits per heavy atom. The van der Waals surface area contributed by atoms with Crippen LogP contribution >= 0.6 is 11.3 Å². The summed E-state index contributed by atoms with van der Waals surface area (Å²) in [5.41, 5.74) is 4.81. The van der Waals surface area contributed by atoms with Gasteiger partial charge in [0.2, 0.25) is 5.91 Å². The molecule has 2 amide bonds. The van der Waals surface area contributed by atoms with Crippen molar-refractivity contribution in [1.29, 1.82) is 0 Å². The highest BCUT2D eigenvalue weighted by atomic mass is 32.1. The van der Waals surface area contributed by atoms with Crippen molar-refractivity contribution in [2.45, 2.75) is 33.0 Å². The van der Waals surface area contributed by atoms with Gasteiger partial charge in [0.15, 0.2) is 5.76 Å². The zero-order valence-electron chi connectivity index (χ0n) is 18.0. The van der Waals surface area contributed by atoms with Gasteiger partial charge < -0.3 is 4.42 Å². The van der Waals surface area contributed by atoms with Crippen LogP contribution in [0.4, 0.5) is 13.2 Å². The first-order valence-electron chi connectivity index (χ1n) is 10.2. The Balaban J connectivity index is 1.51. The maximum atomic E-state index is 12.7. The number of hydrazine groups is 1. The van der Waals surface area contributed by atoms with Gasteiger partial charge in [-0.25, -0.2) is 4.98 Å². The normalized spacial score (nSPS) is 11.6. The third-order valence-corrected chi connectivity index (χ3v) is 5.77. The summed E-state index contributed by atoms with van der Waals surface area (Å²) in [6.07, 6.45) is -4.51. The molecule has 1 aromatic carbocycles. The van der Waals surface area contributed by atoms with Gasteiger partial charge in [0.1, 0.15) is 10.8 Å². The van der Waals surface area contributed by atoms with Gasteiger partial charge in [0, 0.05) is 10.9 Å². The molecular formula is C22H23F3N4O3S. The second-order valence-corrected chi connectivity index (χ2v) is 7.98. The predicted molar refractivity (Wildman–Crippen MR) is 117 cm³/mol. The van der Waals surface area contributed by atoms with E-state index in [0.717, 1.165) is 25.2 Å². The van der Waals surface area contributed by atoms with Gasteiger partial charge in [0.25, 0.3) is 0 Å². The molecule has 3 rings (SSSR count). The van der Waals surface area contributed by atoms with Crippen molar-refractivity contribution in [1.82, 2.24) is 20.7 Å². The molecule has 0 aliphatic carbocycles. The second-order valence-electron chi connectivity index (χ2n) is 7.13. The minimum Gasteiger partial charge on any atom is -0.454 e. The summed E-state index contributed by atoms with van der Waals surface area (Å²) in [6, 6.07) is 7.90. The molecule has 2 heterocycles. The van der Waals surface area contributed by atoms with Crippen LogP contribution in [0.3, 0.4) is 0 Å². The number of hydrogen-bond acceptors (Lipinski definition) is 6. The molecule has 176 valence electrons. The number of aromatic nitrogens is 1. The third-order valence-electron chi connectivity index (χ3n) is 4.83. The zero-order chi connectivity index (χ0) is 24.0. The van der Waals surface area contributed by atoms with E-state index in [0.29, 0.717) is 28.6 Å². The highest BCUT2D eigenvalue weighted by Crippen LogP contribution is 2.31. The molecule has 33 heavy (non-hydrogen) atoms. The highest BCUT2D eigenvalue weighted by molar-refractivity contribution is 7.13. The molecule has 7 nitrogen and oxygen atoms in total. The molecule has 0 radical (unpaired) electrons. The molecule has 0 aliphatic heterocycles. The van der Waals surface area contributed by atoms with Crippen LogP contribution in [-0.4, -0.2) is 34.8 Å². The zero-order valence-corrected chi connectivity index (χ0v) is 18.8. The van der Waals surface area contributed by atoms with Crippen molar-refractivity contribution in [2.75, 3.05) is 13.1 Å². The van der Waals surface area contributed by atoms with E-state index in [-0.39, 0.29) is 12.2 Å². The summed E-state index contributed by atoms with van der Waals surface area (Å²) < 4.78 is 43.6. The largest absolute Gasteiger partial charge is 0.454 e. The lowest BCUT2D eigenvalue weighted by atomic mass is 10.1. The number of hydrogen-bond donors (Lipinski definition) is 2. The predicted octanol–water partition coefficient (Wildman–Crippen LogP) is 4.27. The van der Waals surface area contributed by atoms with E-state index in [1.807, 2.05) is 13.8 Å². The maximum Gasteiger partial charge on any atom is 0.416 e. The summed E-state index contributed by atoms with van der Waals surface area (Å²) in [6.45, 7) is 6.35. The lowest BCUT2D eigenvalue weighted by Gasteiger charge is -2.15. The van der Waals surface area contributed by atoms with Crippen molar-refractivity contribution < 1.29 is 27.2 Å². The fourth-order valence-electron chi connectivity index (χ4n) is 2.97. The van der Waals surface area contributed by atoms with Gasteiger partial charge >= 0.3 is 12.1 Å². The number of carbonyl (C=O) groups is 2. The van der Waals surface area contributed by atoms with Crippen LogP contribution in [0.25, 0.3) is 10.6 Å². The van der Waals surface area contributed by atoms with E-state index in [2.05, 4.69) is 20.7 Å².